The predicted molar refractivity (Wildman–Crippen MR) is 32.9 cm³/mol. The number of hydrogen-bond donors (Lipinski definition) is 1. The van der Waals surface area contributed by atoms with Gasteiger partial charge >= 0.3 is 0 Å². The Hall–Kier alpha value is -0.330. The summed E-state index contributed by atoms with van der Waals surface area (Å²) in [6.45, 7) is 6.03. The molecule has 7 heavy (non-hydrogen) atoms. The molecule has 42 valence electrons. The summed E-state index contributed by atoms with van der Waals surface area (Å²) in [5, 5.41) is 7.10. The van der Waals surface area contributed by atoms with Gasteiger partial charge in [-0.05, 0) is 19.3 Å². The van der Waals surface area contributed by atoms with Crippen LogP contribution in [0.25, 0.3) is 0 Å². The molecule has 1 heteroatoms. The highest BCUT2D eigenvalue weighted by atomic mass is 14.4. The van der Waals surface area contributed by atoms with Gasteiger partial charge in [-0.1, -0.05) is 13.8 Å². The van der Waals surface area contributed by atoms with Crippen LogP contribution in [0.5, 0.6) is 0 Å². The zero-order chi connectivity index (χ0) is 5.86. The van der Waals surface area contributed by atoms with Gasteiger partial charge in [0, 0.05) is 5.71 Å². The van der Waals surface area contributed by atoms with Gasteiger partial charge in [-0.3, -0.25) is 0 Å². The molecule has 0 aromatic carbocycles. The molecule has 0 aromatic heterocycles. The molecule has 0 radical (unpaired) electrons. The lowest BCUT2D eigenvalue weighted by molar-refractivity contribution is 0.732. The van der Waals surface area contributed by atoms with Crippen molar-refractivity contribution in [2.24, 2.45) is 5.92 Å². The van der Waals surface area contributed by atoms with E-state index >= 15 is 0 Å². The van der Waals surface area contributed by atoms with E-state index in [1.165, 1.54) is 0 Å². The molecular formula is C6H13N. The van der Waals surface area contributed by atoms with Crippen molar-refractivity contribution >= 4 is 5.71 Å². The Morgan fingerprint density at radius 1 is 1.71 bits per heavy atom. The van der Waals surface area contributed by atoms with E-state index in [9.17, 15) is 0 Å². The van der Waals surface area contributed by atoms with Crippen molar-refractivity contribution in [1.82, 2.24) is 0 Å². The lowest BCUT2D eigenvalue weighted by atomic mass is 10.1. The molecule has 0 spiro atoms. The Balaban J connectivity index is 3.34. The third-order valence-corrected chi connectivity index (χ3v) is 1.35. The third-order valence-electron chi connectivity index (χ3n) is 1.35. The first-order chi connectivity index (χ1) is 3.18. The fraction of sp³-hybridized carbons (Fsp3) is 0.833. The van der Waals surface area contributed by atoms with E-state index in [2.05, 4.69) is 13.8 Å². The lowest BCUT2D eigenvalue weighted by Crippen LogP contribution is -2.02. The van der Waals surface area contributed by atoms with Crippen LogP contribution in [0.3, 0.4) is 0 Å². The minimum absolute atomic E-state index is 0.486. The summed E-state index contributed by atoms with van der Waals surface area (Å²) in [5.41, 5.74) is 0.794. The van der Waals surface area contributed by atoms with Crippen LogP contribution in [0.1, 0.15) is 27.2 Å². The zero-order valence-electron chi connectivity index (χ0n) is 5.28. The maximum Gasteiger partial charge on any atom is 0.00862 e. The van der Waals surface area contributed by atoms with E-state index in [0.29, 0.717) is 5.92 Å². The van der Waals surface area contributed by atoms with Crippen molar-refractivity contribution in [3.8, 4) is 0 Å². The van der Waals surface area contributed by atoms with E-state index in [0.717, 1.165) is 12.1 Å². The normalized spacial score (nSPS) is 13.6. The van der Waals surface area contributed by atoms with E-state index in [1.807, 2.05) is 6.92 Å². The highest BCUT2D eigenvalue weighted by molar-refractivity contribution is 5.80. The average molecular weight is 99.2 g/mol. The smallest absolute Gasteiger partial charge is 0.00862 e. The van der Waals surface area contributed by atoms with Gasteiger partial charge < -0.3 is 5.41 Å². The molecule has 0 unspecified atom stereocenters. The molecule has 0 aliphatic carbocycles. The van der Waals surface area contributed by atoms with Crippen molar-refractivity contribution in [2.75, 3.05) is 0 Å². The summed E-state index contributed by atoms with van der Waals surface area (Å²) in [6, 6.07) is 0. The third kappa shape index (κ3) is 2.38. The maximum absolute atomic E-state index is 7.10. The molecule has 0 aromatic rings. The minimum Gasteiger partial charge on any atom is -0.310 e. The fourth-order valence-electron chi connectivity index (χ4n) is 0.306. The molecule has 0 aliphatic heterocycles. The molecule has 0 aliphatic rings. The van der Waals surface area contributed by atoms with E-state index in [-0.39, 0.29) is 0 Å². The van der Waals surface area contributed by atoms with Crippen LogP contribution < -0.4 is 0 Å². The quantitative estimate of drug-likeness (QED) is 0.512. The van der Waals surface area contributed by atoms with E-state index < -0.39 is 0 Å². The molecule has 1 atom stereocenters. The van der Waals surface area contributed by atoms with Crippen LogP contribution in [-0.4, -0.2) is 5.71 Å². The van der Waals surface area contributed by atoms with Gasteiger partial charge in [-0.15, -0.1) is 0 Å². The summed E-state index contributed by atoms with van der Waals surface area (Å²) in [4.78, 5) is 0. The summed E-state index contributed by atoms with van der Waals surface area (Å²) in [7, 11) is 0. The summed E-state index contributed by atoms with van der Waals surface area (Å²) < 4.78 is 0. The molecule has 0 amide bonds. The highest BCUT2D eigenvalue weighted by Crippen LogP contribution is 1.99. The zero-order valence-corrected chi connectivity index (χ0v) is 5.28. The van der Waals surface area contributed by atoms with Crippen LogP contribution in [0, 0.1) is 11.3 Å². The van der Waals surface area contributed by atoms with Crippen molar-refractivity contribution in [3.63, 3.8) is 0 Å². The largest absolute Gasteiger partial charge is 0.310 e. The molecule has 0 fully saturated rings. The Bertz CT molecular complexity index is 66.6. The van der Waals surface area contributed by atoms with Gasteiger partial charge in [0.05, 0.1) is 0 Å². The van der Waals surface area contributed by atoms with Crippen LogP contribution in [0.2, 0.25) is 0 Å². The van der Waals surface area contributed by atoms with Crippen molar-refractivity contribution in [1.29, 1.82) is 5.41 Å². The first-order valence-electron chi connectivity index (χ1n) is 2.73. The molecule has 0 saturated heterocycles. The van der Waals surface area contributed by atoms with Crippen molar-refractivity contribution in [3.05, 3.63) is 0 Å². The SMILES string of the molecule is CC[C@H](C)C(C)=N. The topological polar surface area (TPSA) is 23.9 Å². The van der Waals surface area contributed by atoms with Gasteiger partial charge in [-0.2, -0.15) is 0 Å². The van der Waals surface area contributed by atoms with Gasteiger partial charge in [0.2, 0.25) is 0 Å². The first kappa shape index (κ1) is 6.67. The summed E-state index contributed by atoms with van der Waals surface area (Å²) in [6.07, 6.45) is 1.09. The Morgan fingerprint density at radius 3 is 2.14 bits per heavy atom. The van der Waals surface area contributed by atoms with Crippen LogP contribution in [-0.2, 0) is 0 Å². The summed E-state index contributed by atoms with van der Waals surface area (Å²) in [5.74, 6) is 0.486. The Labute approximate surface area is 45.2 Å². The fourth-order valence-corrected chi connectivity index (χ4v) is 0.306. The number of rotatable bonds is 2. The molecule has 0 rings (SSSR count). The summed E-state index contributed by atoms with van der Waals surface area (Å²) >= 11 is 0. The molecule has 1 N–H and O–H groups in total. The number of hydrogen-bond acceptors (Lipinski definition) is 1. The Morgan fingerprint density at radius 2 is 2.14 bits per heavy atom. The second-order valence-electron chi connectivity index (χ2n) is 1.99. The van der Waals surface area contributed by atoms with Crippen LogP contribution >= 0.6 is 0 Å². The molecule has 0 bridgehead atoms. The molecule has 0 saturated carbocycles. The van der Waals surface area contributed by atoms with Gasteiger partial charge in [-0.25, -0.2) is 0 Å². The monoisotopic (exact) mass is 99.1 g/mol. The first-order valence-corrected chi connectivity index (χ1v) is 2.73. The van der Waals surface area contributed by atoms with Crippen LogP contribution in [0.15, 0.2) is 0 Å². The Kier molecular flexibility index (Phi) is 2.65. The van der Waals surface area contributed by atoms with Gasteiger partial charge in [0.25, 0.3) is 0 Å². The maximum atomic E-state index is 7.10. The van der Waals surface area contributed by atoms with Crippen molar-refractivity contribution in [2.45, 2.75) is 27.2 Å². The van der Waals surface area contributed by atoms with E-state index in [4.69, 9.17) is 5.41 Å². The molecular weight excluding hydrogens is 86.1 g/mol. The molecule has 1 nitrogen and oxygen atoms in total. The average Bonchev–Trinajstić information content (AvgIpc) is 1.65. The molecule has 0 heterocycles. The number of nitrogens with one attached hydrogen (secondary N) is 1. The standard InChI is InChI=1S/C6H13N/c1-4-5(2)6(3)7/h5,7H,4H2,1-3H3/t5-/m0/s1. The van der Waals surface area contributed by atoms with Gasteiger partial charge in [0.15, 0.2) is 0 Å². The highest BCUT2D eigenvalue weighted by Gasteiger charge is 1.96. The predicted octanol–water partition coefficient (Wildman–Crippen LogP) is 2.07. The minimum atomic E-state index is 0.486. The van der Waals surface area contributed by atoms with E-state index in [1.54, 1.807) is 0 Å². The second kappa shape index (κ2) is 2.78. The second-order valence-corrected chi connectivity index (χ2v) is 1.99. The van der Waals surface area contributed by atoms with Gasteiger partial charge in [0.1, 0.15) is 0 Å². The van der Waals surface area contributed by atoms with Crippen molar-refractivity contribution < 1.29 is 0 Å². The van der Waals surface area contributed by atoms with Crippen LogP contribution in [0.4, 0.5) is 0 Å². The lowest BCUT2D eigenvalue weighted by Gasteiger charge is -2.02.